The number of carbonyl (C=O) groups excluding carboxylic acids is 1. The topological polar surface area (TPSA) is 50.2 Å². The molecule has 1 aromatic carbocycles. The average Bonchev–Trinajstić information content (AvgIpc) is 3.10. The van der Waals surface area contributed by atoms with Crippen molar-refractivity contribution >= 4 is 28.9 Å². The molecule has 0 saturated carbocycles. The summed E-state index contributed by atoms with van der Waals surface area (Å²) >= 11 is 5.79. The number of nitrogens with zero attached hydrogens (tertiary/aromatic N) is 3. The van der Waals surface area contributed by atoms with E-state index in [0.29, 0.717) is 18.7 Å². The highest BCUT2D eigenvalue weighted by molar-refractivity contribution is 6.31. The third-order valence-corrected chi connectivity index (χ3v) is 4.01. The lowest BCUT2D eigenvalue weighted by Crippen LogP contribution is -2.33. The van der Waals surface area contributed by atoms with Gasteiger partial charge in [0.1, 0.15) is 11.9 Å². The maximum atomic E-state index is 13.2. The zero-order valence-electron chi connectivity index (χ0n) is 12.1. The van der Waals surface area contributed by atoms with E-state index in [-0.39, 0.29) is 17.0 Å². The summed E-state index contributed by atoms with van der Waals surface area (Å²) in [6.45, 7) is 3.35. The van der Waals surface area contributed by atoms with E-state index in [1.165, 1.54) is 12.1 Å². The Morgan fingerprint density at radius 1 is 1.50 bits per heavy atom. The van der Waals surface area contributed by atoms with Gasteiger partial charge in [-0.25, -0.2) is 4.39 Å². The monoisotopic (exact) mass is 322 g/mol. The number of aryl methyl sites for hydroxylation is 1. The van der Waals surface area contributed by atoms with Crippen LogP contribution in [0, 0.1) is 5.82 Å². The van der Waals surface area contributed by atoms with Crippen molar-refractivity contribution < 1.29 is 9.18 Å². The molecule has 1 unspecified atom stereocenters. The Kier molecular flexibility index (Phi) is 4.02. The number of carbonyl (C=O) groups is 1. The van der Waals surface area contributed by atoms with Gasteiger partial charge in [-0.05, 0) is 31.5 Å². The number of aromatic nitrogens is 2. The standard InChI is InChI=1S/C15H16ClFN4O/c1-2-20-9-10(8-18-20)19-14-5-6-21(15(14)22)11-3-4-13(17)12(16)7-11/h3-4,7-9,14,19H,2,5-6H2,1H3. The van der Waals surface area contributed by atoms with Crippen molar-refractivity contribution in [1.82, 2.24) is 9.78 Å². The van der Waals surface area contributed by atoms with Crippen molar-refractivity contribution in [1.29, 1.82) is 0 Å². The van der Waals surface area contributed by atoms with E-state index in [1.807, 2.05) is 13.1 Å². The fourth-order valence-electron chi connectivity index (χ4n) is 2.54. The van der Waals surface area contributed by atoms with Crippen molar-refractivity contribution in [2.24, 2.45) is 0 Å². The Labute approximate surface area is 132 Å². The van der Waals surface area contributed by atoms with E-state index in [1.54, 1.807) is 21.8 Å². The summed E-state index contributed by atoms with van der Waals surface area (Å²) in [6.07, 6.45) is 4.24. The first-order valence-electron chi connectivity index (χ1n) is 7.14. The van der Waals surface area contributed by atoms with Gasteiger partial charge < -0.3 is 10.2 Å². The van der Waals surface area contributed by atoms with Gasteiger partial charge in [-0.1, -0.05) is 11.6 Å². The number of hydrogen-bond acceptors (Lipinski definition) is 3. The predicted molar refractivity (Wildman–Crippen MR) is 83.7 cm³/mol. The first-order chi connectivity index (χ1) is 10.6. The summed E-state index contributed by atoms with van der Waals surface area (Å²) in [6, 6.07) is 4.01. The SMILES string of the molecule is CCn1cc(NC2CCN(c3ccc(F)c(Cl)c3)C2=O)cn1. The number of amides is 1. The molecule has 1 aliphatic rings. The Hall–Kier alpha value is -2.08. The molecule has 5 nitrogen and oxygen atoms in total. The summed E-state index contributed by atoms with van der Waals surface area (Å²) in [4.78, 5) is 14.1. The molecule has 2 heterocycles. The summed E-state index contributed by atoms with van der Waals surface area (Å²) in [5, 5.41) is 7.38. The first-order valence-corrected chi connectivity index (χ1v) is 7.51. The lowest BCUT2D eigenvalue weighted by atomic mass is 10.2. The van der Waals surface area contributed by atoms with Crippen LogP contribution in [0.25, 0.3) is 0 Å². The van der Waals surface area contributed by atoms with Crippen LogP contribution >= 0.6 is 11.6 Å². The molecule has 116 valence electrons. The highest BCUT2D eigenvalue weighted by Crippen LogP contribution is 2.27. The third kappa shape index (κ3) is 2.78. The molecule has 0 aliphatic carbocycles. The Morgan fingerprint density at radius 2 is 2.32 bits per heavy atom. The lowest BCUT2D eigenvalue weighted by Gasteiger charge is -2.17. The molecule has 7 heteroatoms. The zero-order valence-corrected chi connectivity index (χ0v) is 12.8. The van der Waals surface area contributed by atoms with Gasteiger partial charge in [0.15, 0.2) is 0 Å². The molecule has 1 aliphatic heterocycles. The van der Waals surface area contributed by atoms with E-state index < -0.39 is 5.82 Å². The normalized spacial score (nSPS) is 18.0. The van der Waals surface area contributed by atoms with Gasteiger partial charge in [0.25, 0.3) is 0 Å². The average molecular weight is 323 g/mol. The Bertz CT molecular complexity index is 703. The number of benzene rings is 1. The highest BCUT2D eigenvalue weighted by atomic mass is 35.5. The van der Waals surface area contributed by atoms with Gasteiger partial charge in [-0.15, -0.1) is 0 Å². The molecular formula is C15H16ClFN4O. The smallest absolute Gasteiger partial charge is 0.249 e. The molecule has 0 bridgehead atoms. The quantitative estimate of drug-likeness (QED) is 0.941. The lowest BCUT2D eigenvalue weighted by molar-refractivity contribution is -0.117. The molecule has 0 radical (unpaired) electrons. The van der Waals surface area contributed by atoms with Crippen LogP contribution in [0.1, 0.15) is 13.3 Å². The maximum Gasteiger partial charge on any atom is 0.249 e. The fraction of sp³-hybridized carbons (Fsp3) is 0.333. The molecule has 22 heavy (non-hydrogen) atoms. The van der Waals surface area contributed by atoms with Crippen LogP contribution in [0.4, 0.5) is 15.8 Å². The van der Waals surface area contributed by atoms with Crippen molar-refractivity contribution in [3.63, 3.8) is 0 Å². The minimum Gasteiger partial charge on any atom is -0.371 e. The second kappa shape index (κ2) is 5.96. The Balaban J connectivity index is 1.72. The van der Waals surface area contributed by atoms with Crippen LogP contribution in [-0.4, -0.2) is 28.3 Å². The van der Waals surface area contributed by atoms with E-state index >= 15 is 0 Å². The van der Waals surface area contributed by atoms with Crippen LogP contribution < -0.4 is 10.2 Å². The van der Waals surface area contributed by atoms with Crippen molar-refractivity contribution in [2.45, 2.75) is 25.9 Å². The zero-order chi connectivity index (χ0) is 15.7. The van der Waals surface area contributed by atoms with Crippen molar-refractivity contribution in [3.05, 3.63) is 41.4 Å². The van der Waals surface area contributed by atoms with E-state index in [2.05, 4.69) is 10.4 Å². The van der Waals surface area contributed by atoms with Gasteiger partial charge in [0.05, 0.1) is 16.9 Å². The first kappa shape index (κ1) is 14.8. The Morgan fingerprint density at radius 3 is 3.00 bits per heavy atom. The van der Waals surface area contributed by atoms with Crippen molar-refractivity contribution in [2.75, 3.05) is 16.8 Å². The second-order valence-corrected chi connectivity index (χ2v) is 5.57. The van der Waals surface area contributed by atoms with Gasteiger partial charge in [-0.3, -0.25) is 9.48 Å². The molecule has 0 spiro atoms. The molecule has 3 rings (SSSR count). The van der Waals surface area contributed by atoms with Crippen LogP contribution in [0.2, 0.25) is 5.02 Å². The summed E-state index contributed by atoms with van der Waals surface area (Å²) < 4.78 is 15.0. The molecule has 1 N–H and O–H groups in total. The summed E-state index contributed by atoms with van der Waals surface area (Å²) in [5.74, 6) is -0.536. The second-order valence-electron chi connectivity index (χ2n) is 5.16. The van der Waals surface area contributed by atoms with Crippen molar-refractivity contribution in [3.8, 4) is 0 Å². The predicted octanol–water partition coefficient (Wildman–Crippen LogP) is 2.91. The summed E-state index contributed by atoms with van der Waals surface area (Å²) in [5.41, 5.74) is 1.43. The fourth-order valence-corrected chi connectivity index (χ4v) is 2.71. The molecule has 1 atom stereocenters. The van der Waals surface area contributed by atoms with Gasteiger partial charge in [-0.2, -0.15) is 5.10 Å². The van der Waals surface area contributed by atoms with Crippen LogP contribution in [0.3, 0.4) is 0 Å². The number of rotatable bonds is 4. The van der Waals surface area contributed by atoms with E-state index in [0.717, 1.165) is 12.2 Å². The number of hydrogen-bond donors (Lipinski definition) is 1. The highest BCUT2D eigenvalue weighted by Gasteiger charge is 2.32. The van der Waals surface area contributed by atoms with E-state index in [4.69, 9.17) is 11.6 Å². The largest absolute Gasteiger partial charge is 0.371 e. The molecule has 1 fully saturated rings. The van der Waals surface area contributed by atoms with Crippen LogP contribution in [0.15, 0.2) is 30.6 Å². The van der Waals surface area contributed by atoms with E-state index in [9.17, 15) is 9.18 Å². The minimum absolute atomic E-state index is 0.0194. The number of halogens is 2. The van der Waals surface area contributed by atoms with Gasteiger partial charge in [0, 0.05) is 25.0 Å². The molecule has 1 amide bonds. The third-order valence-electron chi connectivity index (χ3n) is 3.72. The van der Waals surface area contributed by atoms with Gasteiger partial charge in [0.2, 0.25) is 5.91 Å². The summed E-state index contributed by atoms with van der Waals surface area (Å²) in [7, 11) is 0. The van der Waals surface area contributed by atoms with Crippen LogP contribution in [0.5, 0.6) is 0 Å². The number of anilines is 2. The van der Waals surface area contributed by atoms with Crippen LogP contribution in [-0.2, 0) is 11.3 Å². The minimum atomic E-state index is -0.487. The molecule has 1 aromatic heterocycles. The number of nitrogens with one attached hydrogen (secondary N) is 1. The van der Waals surface area contributed by atoms with Gasteiger partial charge >= 0.3 is 0 Å². The maximum absolute atomic E-state index is 13.2. The molecule has 2 aromatic rings. The molecule has 1 saturated heterocycles. The molecular weight excluding hydrogens is 307 g/mol.